The summed E-state index contributed by atoms with van der Waals surface area (Å²) in [4.78, 5) is 4.54. The molecule has 0 aliphatic carbocycles. The zero-order valence-electron chi connectivity index (χ0n) is 11.0. The fourth-order valence-corrected chi connectivity index (χ4v) is 2.92. The minimum absolute atomic E-state index is 0.381. The summed E-state index contributed by atoms with van der Waals surface area (Å²) < 4.78 is 1.16. The number of thiazole rings is 1. The average molecular weight is 290 g/mol. The van der Waals surface area contributed by atoms with E-state index in [9.17, 15) is 0 Å². The summed E-state index contributed by atoms with van der Waals surface area (Å²) in [6.45, 7) is 0.593. The number of nitrogens with one attached hydrogen (secondary N) is 1. The van der Waals surface area contributed by atoms with E-state index in [1.165, 1.54) is 0 Å². The standard InChI is InChI=1S/C16H10N4S/c17-8-11-5-6-13(7-12(11)9-18)19-10-16-20-14-3-1-2-4-15(14)21-16/h1-7,19H,10H2. The van der Waals surface area contributed by atoms with Crippen LogP contribution in [-0.4, -0.2) is 4.98 Å². The molecule has 3 rings (SSSR count). The zero-order chi connectivity index (χ0) is 14.7. The van der Waals surface area contributed by atoms with Crippen LogP contribution in [0, 0.1) is 22.7 Å². The fraction of sp³-hybridized carbons (Fsp3) is 0.0625. The minimum Gasteiger partial charge on any atom is -0.378 e. The molecule has 1 N–H and O–H groups in total. The number of rotatable bonds is 3. The second kappa shape index (κ2) is 5.62. The molecule has 4 nitrogen and oxygen atoms in total. The van der Waals surface area contributed by atoms with E-state index in [-0.39, 0.29) is 0 Å². The molecule has 1 aromatic heterocycles. The lowest BCUT2D eigenvalue weighted by Gasteiger charge is -2.05. The maximum Gasteiger partial charge on any atom is 0.113 e. The van der Waals surface area contributed by atoms with Crippen LogP contribution in [0.5, 0.6) is 0 Å². The molecule has 0 aliphatic rings. The lowest BCUT2D eigenvalue weighted by molar-refractivity contribution is 1.12. The number of para-hydroxylation sites is 1. The van der Waals surface area contributed by atoms with Crippen molar-refractivity contribution in [2.24, 2.45) is 0 Å². The van der Waals surface area contributed by atoms with Crippen molar-refractivity contribution in [1.29, 1.82) is 10.5 Å². The highest BCUT2D eigenvalue weighted by atomic mass is 32.1. The van der Waals surface area contributed by atoms with E-state index >= 15 is 0 Å². The number of hydrogen-bond donors (Lipinski definition) is 1. The number of benzene rings is 2. The van der Waals surface area contributed by atoms with Crippen molar-refractivity contribution >= 4 is 27.2 Å². The van der Waals surface area contributed by atoms with Crippen molar-refractivity contribution in [2.45, 2.75) is 6.54 Å². The van der Waals surface area contributed by atoms with Gasteiger partial charge in [-0.1, -0.05) is 12.1 Å². The van der Waals surface area contributed by atoms with Gasteiger partial charge in [-0.05, 0) is 30.3 Å². The SMILES string of the molecule is N#Cc1ccc(NCc2nc3ccccc3s2)cc1C#N. The molecule has 5 heteroatoms. The summed E-state index contributed by atoms with van der Waals surface area (Å²) >= 11 is 1.64. The van der Waals surface area contributed by atoms with Gasteiger partial charge in [-0.2, -0.15) is 10.5 Å². The summed E-state index contributed by atoms with van der Waals surface area (Å²) in [5, 5.41) is 22.1. The molecule has 0 aliphatic heterocycles. The van der Waals surface area contributed by atoms with Gasteiger partial charge in [0.2, 0.25) is 0 Å². The molecular weight excluding hydrogens is 280 g/mol. The van der Waals surface area contributed by atoms with Gasteiger partial charge in [0.05, 0.1) is 27.9 Å². The Labute approximate surface area is 125 Å². The van der Waals surface area contributed by atoms with Gasteiger partial charge >= 0.3 is 0 Å². The zero-order valence-corrected chi connectivity index (χ0v) is 11.8. The van der Waals surface area contributed by atoms with Crippen molar-refractivity contribution in [3.05, 3.63) is 58.6 Å². The number of nitrogens with zero attached hydrogens (tertiary/aromatic N) is 3. The van der Waals surface area contributed by atoms with Crippen LogP contribution in [0.25, 0.3) is 10.2 Å². The van der Waals surface area contributed by atoms with Gasteiger partial charge in [-0.3, -0.25) is 0 Å². The third kappa shape index (κ3) is 2.69. The summed E-state index contributed by atoms with van der Waals surface area (Å²) in [6, 6.07) is 17.2. The van der Waals surface area contributed by atoms with Crippen molar-refractivity contribution in [3.8, 4) is 12.1 Å². The first-order valence-corrected chi connectivity index (χ1v) is 7.14. The van der Waals surface area contributed by atoms with Crippen LogP contribution in [0.2, 0.25) is 0 Å². The summed E-state index contributed by atoms with van der Waals surface area (Å²) in [5.41, 5.74) is 2.58. The molecule has 0 radical (unpaired) electrons. The van der Waals surface area contributed by atoms with E-state index in [2.05, 4.69) is 10.3 Å². The summed E-state index contributed by atoms with van der Waals surface area (Å²) in [6.07, 6.45) is 0. The van der Waals surface area contributed by atoms with Gasteiger partial charge in [-0.15, -0.1) is 11.3 Å². The van der Waals surface area contributed by atoms with E-state index in [1.807, 2.05) is 36.4 Å². The second-order valence-electron chi connectivity index (χ2n) is 4.41. The molecule has 0 spiro atoms. The molecule has 2 aromatic carbocycles. The predicted molar refractivity (Wildman–Crippen MR) is 82.8 cm³/mol. The Morgan fingerprint density at radius 2 is 1.86 bits per heavy atom. The van der Waals surface area contributed by atoms with Crippen molar-refractivity contribution in [3.63, 3.8) is 0 Å². The normalized spacial score (nSPS) is 10.0. The van der Waals surface area contributed by atoms with E-state index in [0.29, 0.717) is 17.7 Å². The topological polar surface area (TPSA) is 72.5 Å². The van der Waals surface area contributed by atoms with E-state index < -0.39 is 0 Å². The third-order valence-corrected chi connectivity index (χ3v) is 4.08. The Balaban J connectivity index is 1.79. The lowest BCUT2D eigenvalue weighted by atomic mass is 10.1. The van der Waals surface area contributed by atoms with Crippen molar-refractivity contribution in [2.75, 3.05) is 5.32 Å². The Bertz CT molecular complexity index is 850. The summed E-state index contributed by atoms with van der Waals surface area (Å²) in [5.74, 6) is 0. The highest BCUT2D eigenvalue weighted by Crippen LogP contribution is 2.22. The highest BCUT2D eigenvalue weighted by molar-refractivity contribution is 7.18. The van der Waals surface area contributed by atoms with Gasteiger partial charge in [-0.25, -0.2) is 4.98 Å². The van der Waals surface area contributed by atoms with Gasteiger partial charge in [0.1, 0.15) is 17.1 Å². The Morgan fingerprint density at radius 3 is 2.62 bits per heavy atom. The first-order valence-electron chi connectivity index (χ1n) is 6.33. The molecular formula is C16H10N4S. The van der Waals surface area contributed by atoms with Gasteiger partial charge < -0.3 is 5.32 Å². The minimum atomic E-state index is 0.381. The molecule has 0 atom stereocenters. The van der Waals surface area contributed by atoms with Crippen LogP contribution in [0.4, 0.5) is 5.69 Å². The van der Waals surface area contributed by atoms with Crippen molar-refractivity contribution < 1.29 is 0 Å². The number of hydrogen-bond acceptors (Lipinski definition) is 5. The van der Waals surface area contributed by atoms with Gasteiger partial charge in [0.25, 0.3) is 0 Å². The Kier molecular flexibility index (Phi) is 3.51. The van der Waals surface area contributed by atoms with Crippen LogP contribution >= 0.6 is 11.3 Å². The third-order valence-electron chi connectivity index (χ3n) is 3.04. The van der Waals surface area contributed by atoms with Crippen LogP contribution in [0.3, 0.4) is 0 Å². The smallest absolute Gasteiger partial charge is 0.113 e. The van der Waals surface area contributed by atoms with Crippen LogP contribution < -0.4 is 5.32 Å². The number of aromatic nitrogens is 1. The molecule has 0 unspecified atom stereocenters. The Hall–Kier alpha value is -2.89. The molecule has 100 valence electrons. The lowest BCUT2D eigenvalue weighted by Crippen LogP contribution is -1.99. The monoisotopic (exact) mass is 290 g/mol. The Morgan fingerprint density at radius 1 is 1.05 bits per heavy atom. The largest absolute Gasteiger partial charge is 0.378 e. The molecule has 0 saturated heterocycles. The van der Waals surface area contributed by atoms with Crippen LogP contribution in [-0.2, 0) is 6.54 Å². The quantitative estimate of drug-likeness (QED) is 0.799. The van der Waals surface area contributed by atoms with Gasteiger partial charge in [0.15, 0.2) is 0 Å². The summed E-state index contributed by atoms with van der Waals surface area (Å²) in [7, 11) is 0. The van der Waals surface area contributed by atoms with E-state index in [1.54, 1.807) is 29.5 Å². The molecule has 0 bridgehead atoms. The predicted octanol–water partition coefficient (Wildman–Crippen LogP) is 3.65. The maximum absolute atomic E-state index is 9.02. The molecule has 1 heterocycles. The highest BCUT2D eigenvalue weighted by Gasteiger charge is 2.05. The number of anilines is 1. The van der Waals surface area contributed by atoms with Crippen LogP contribution in [0.1, 0.15) is 16.1 Å². The molecule has 0 fully saturated rings. The van der Waals surface area contributed by atoms with Crippen LogP contribution in [0.15, 0.2) is 42.5 Å². The van der Waals surface area contributed by atoms with E-state index in [0.717, 1.165) is 20.9 Å². The van der Waals surface area contributed by atoms with Crippen molar-refractivity contribution in [1.82, 2.24) is 4.98 Å². The van der Waals surface area contributed by atoms with E-state index in [4.69, 9.17) is 10.5 Å². The molecule has 21 heavy (non-hydrogen) atoms. The fourth-order valence-electron chi connectivity index (χ4n) is 2.02. The maximum atomic E-state index is 9.02. The first kappa shape index (κ1) is 13.1. The second-order valence-corrected chi connectivity index (χ2v) is 5.53. The average Bonchev–Trinajstić information content (AvgIpc) is 2.95. The number of nitriles is 2. The first-order chi connectivity index (χ1) is 10.3. The molecule has 3 aromatic rings. The number of fused-ring (bicyclic) bond motifs is 1. The van der Waals surface area contributed by atoms with Gasteiger partial charge in [0, 0.05) is 5.69 Å². The molecule has 0 saturated carbocycles. The molecule has 0 amide bonds.